The Balaban J connectivity index is 7.43. The minimum atomic E-state index is -2.34. The molecule has 0 radical (unpaired) electrons. The standard InChI is InChI=1S/C56H99N29O22/c57-24(7-1-13-70-51(58)59)40(96)81-30(19-35(86)87)45(101)77-26(9-3-15-72-53(62)63)44(100)84-34(23-39(94)95)49(105)85-33(22-38(92)93)48(104)79-28(11-5-17-74-55(66)67)43(99)83-32(21-37(90)91)47(103)78-27(10-4-16-73-54(64)65)42(98)82-31(20-36(88)89)46(102)76-25(8-2-14-71-52(60)61)41(97)80-29(50(106)107)12-6-18-75-56(68)69/h24-34H,1-23,57H2,(H,76,102)(H,77,101)(H,78,103)(H,79,104)(H,80,97)(H,81,96)(H,82,98)(H,83,99)(H,84,100)(H,85,105)(H,86,87)(H,88,89)(H,90,91)(H,92,93)(H,94,95)(H,106,107)(H4,58,59,70)(H4,60,61,71)(H4,62,63,72)(H4,64,65,73)(H4,66,67,74)(H4,68,69,75)/t24-,25-,26-,27-,28-,29-,30-,31-,32-,33-,34-/m0/s1. The van der Waals surface area contributed by atoms with Crippen LogP contribution in [-0.4, -0.2) is 267 Å². The first-order valence-electron chi connectivity index (χ1n) is 32.6. The highest BCUT2D eigenvalue weighted by Crippen LogP contribution is 2.11. The van der Waals surface area contributed by atoms with E-state index in [1.165, 1.54) is 0 Å². The van der Waals surface area contributed by atoms with Gasteiger partial charge in [-0.05, 0) is 77.0 Å². The predicted octanol–water partition coefficient (Wildman–Crippen LogP) is -12.8. The Hall–Kier alpha value is -12.9. The smallest absolute Gasteiger partial charge is 0.326 e. The number of hydrogen-bond acceptors (Lipinski definition) is 23. The minimum Gasteiger partial charge on any atom is -0.481 e. The van der Waals surface area contributed by atoms with Gasteiger partial charge in [-0.2, -0.15) is 0 Å². The van der Waals surface area contributed by atoms with E-state index in [0.717, 1.165) is 0 Å². The zero-order chi connectivity index (χ0) is 81.6. The summed E-state index contributed by atoms with van der Waals surface area (Å²) in [7, 11) is 0. The molecule has 0 saturated heterocycles. The molecule has 42 N–H and O–H groups in total. The van der Waals surface area contributed by atoms with Gasteiger partial charge in [0, 0.05) is 39.3 Å². The van der Waals surface area contributed by atoms with Crippen molar-refractivity contribution in [2.24, 2.45) is 40.1 Å². The summed E-state index contributed by atoms with van der Waals surface area (Å²) in [6.07, 6.45) is -9.14. The number of amides is 10. The van der Waals surface area contributed by atoms with E-state index in [-0.39, 0.29) is 103 Å². The monoisotopic (exact) mass is 1530 g/mol. The van der Waals surface area contributed by atoms with Gasteiger partial charge in [0.15, 0.2) is 35.8 Å². The SMILES string of the molecule is N=C(N)NCCC[C@H](NC(=O)[C@H](CCCNC(=N)N)NC(=O)[C@H](CC(=O)O)NC(=O)[C@H](CCCNC(=N)N)NC(=O)[C@H](CC(=O)O)NC(=O)[C@H](CCCNC(=N)N)NC(=O)[C@H](CC(=O)O)NC(=O)[C@H](CC(=O)O)NC(=O)[C@H](CCCNC(=N)N)NC(=O)[C@H](CC(=O)O)NC(=O)[C@@H](N)CCCNC(=N)N)C(=O)O. The number of aliphatic carboxylic acids is 6. The van der Waals surface area contributed by atoms with Crippen LogP contribution in [0.2, 0.25) is 0 Å². The molecule has 0 aliphatic carbocycles. The Morgan fingerprint density at radius 2 is 0.383 bits per heavy atom. The fourth-order valence-electron chi connectivity index (χ4n) is 9.30. The van der Waals surface area contributed by atoms with Crippen LogP contribution in [-0.2, 0) is 76.7 Å². The summed E-state index contributed by atoms with van der Waals surface area (Å²) >= 11 is 0. The molecule has 0 aliphatic heterocycles. The van der Waals surface area contributed by atoms with Crippen LogP contribution in [0, 0.1) is 32.5 Å². The second kappa shape index (κ2) is 50.5. The molecule has 0 heterocycles. The lowest BCUT2D eigenvalue weighted by atomic mass is 10.0. The number of carbonyl (C=O) groups excluding carboxylic acids is 10. The van der Waals surface area contributed by atoms with E-state index in [4.69, 9.17) is 72.6 Å². The Kier molecular flexibility index (Phi) is 44.4. The summed E-state index contributed by atoms with van der Waals surface area (Å²) < 4.78 is 0. The third-order valence-electron chi connectivity index (χ3n) is 14.5. The maximum atomic E-state index is 14.3. The number of rotatable bonds is 55. The average Bonchev–Trinajstić information content (AvgIpc) is 0.857. The molecule has 600 valence electrons. The number of hydrogen-bond donors (Lipinski definition) is 35. The first kappa shape index (κ1) is 94.1. The van der Waals surface area contributed by atoms with Crippen LogP contribution in [0.4, 0.5) is 0 Å². The Labute approximate surface area is 608 Å². The van der Waals surface area contributed by atoms with Gasteiger partial charge in [-0.1, -0.05) is 0 Å². The van der Waals surface area contributed by atoms with Crippen LogP contribution < -0.4 is 125 Å². The van der Waals surface area contributed by atoms with Crippen LogP contribution in [0.25, 0.3) is 0 Å². The molecule has 0 unspecified atom stereocenters. The second-order valence-electron chi connectivity index (χ2n) is 23.4. The molecule has 107 heavy (non-hydrogen) atoms. The number of nitrogens with one attached hydrogen (secondary N) is 22. The average molecular weight is 1530 g/mol. The van der Waals surface area contributed by atoms with E-state index in [1.54, 1.807) is 0 Å². The molecule has 0 aromatic carbocycles. The van der Waals surface area contributed by atoms with E-state index < -0.39 is 243 Å². The number of guanidine groups is 6. The maximum Gasteiger partial charge on any atom is 0.326 e. The van der Waals surface area contributed by atoms with Crippen molar-refractivity contribution in [2.75, 3.05) is 39.3 Å². The molecule has 0 aliphatic rings. The first-order valence-corrected chi connectivity index (χ1v) is 32.6. The van der Waals surface area contributed by atoms with Crippen LogP contribution in [0.5, 0.6) is 0 Å². The molecule has 0 rings (SSSR count). The van der Waals surface area contributed by atoms with E-state index in [9.17, 15) is 107 Å². The van der Waals surface area contributed by atoms with Crippen molar-refractivity contribution in [3.8, 4) is 0 Å². The lowest BCUT2D eigenvalue weighted by Gasteiger charge is -2.28. The van der Waals surface area contributed by atoms with Gasteiger partial charge in [0.05, 0.1) is 38.1 Å². The maximum absolute atomic E-state index is 14.3. The van der Waals surface area contributed by atoms with E-state index in [1.807, 2.05) is 10.6 Å². The van der Waals surface area contributed by atoms with Crippen molar-refractivity contribution in [1.82, 2.24) is 85.1 Å². The first-order chi connectivity index (χ1) is 50.0. The van der Waals surface area contributed by atoms with Crippen molar-refractivity contribution >= 4 is 131 Å². The van der Waals surface area contributed by atoms with Crippen molar-refractivity contribution in [2.45, 2.75) is 176 Å². The molecule has 0 aromatic heterocycles. The molecular formula is C56H99N29O22. The van der Waals surface area contributed by atoms with Crippen LogP contribution in [0.15, 0.2) is 0 Å². The summed E-state index contributed by atoms with van der Waals surface area (Å²) in [4.78, 5) is 213. The van der Waals surface area contributed by atoms with E-state index in [0.29, 0.717) is 0 Å². The Bertz CT molecular complexity index is 3200. The molecule has 11 atom stereocenters. The van der Waals surface area contributed by atoms with E-state index in [2.05, 4.69) is 74.4 Å². The predicted molar refractivity (Wildman–Crippen MR) is 371 cm³/mol. The Morgan fingerprint density at radius 3 is 0.561 bits per heavy atom. The highest BCUT2D eigenvalue weighted by molar-refractivity contribution is 6.01. The lowest BCUT2D eigenvalue weighted by Crippen LogP contribution is -2.61. The lowest BCUT2D eigenvalue weighted by molar-refractivity contribution is -0.144. The Morgan fingerprint density at radius 1 is 0.234 bits per heavy atom. The van der Waals surface area contributed by atoms with Gasteiger partial charge < -0.3 is 156 Å². The van der Waals surface area contributed by atoms with Gasteiger partial charge in [0.2, 0.25) is 59.1 Å². The highest BCUT2D eigenvalue weighted by Gasteiger charge is 2.38. The van der Waals surface area contributed by atoms with Gasteiger partial charge in [-0.25, -0.2) is 4.79 Å². The largest absolute Gasteiger partial charge is 0.481 e. The third kappa shape index (κ3) is 43.6. The van der Waals surface area contributed by atoms with Crippen LogP contribution in [0.1, 0.15) is 109 Å². The number of carbonyl (C=O) groups is 16. The zero-order valence-electron chi connectivity index (χ0n) is 57.9. The number of nitrogens with two attached hydrogens (primary N) is 7. The summed E-state index contributed by atoms with van der Waals surface area (Å²) in [6, 6.07) is -21.5. The van der Waals surface area contributed by atoms with E-state index >= 15 is 0 Å². The highest BCUT2D eigenvalue weighted by atomic mass is 16.4. The molecule has 51 nitrogen and oxygen atoms in total. The number of carboxylic acids is 6. The number of carboxylic acid groups (broad SMARTS) is 6. The van der Waals surface area contributed by atoms with Crippen molar-refractivity contribution in [3.63, 3.8) is 0 Å². The van der Waals surface area contributed by atoms with Gasteiger partial charge in [0.25, 0.3) is 0 Å². The molecular weight excluding hydrogens is 1430 g/mol. The van der Waals surface area contributed by atoms with Crippen molar-refractivity contribution in [3.05, 3.63) is 0 Å². The summed E-state index contributed by atoms with van der Waals surface area (Å²) in [5, 5.41) is 140. The normalized spacial score (nSPS) is 13.7. The van der Waals surface area contributed by atoms with Gasteiger partial charge in [-0.3, -0.25) is 104 Å². The molecule has 0 aromatic rings. The molecule has 0 fully saturated rings. The summed E-state index contributed by atoms with van der Waals surface area (Å²) in [6.45, 7) is -0.623. The van der Waals surface area contributed by atoms with Crippen molar-refractivity contribution in [1.29, 1.82) is 32.5 Å². The third-order valence-corrected chi connectivity index (χ3v) is 14.5. The topological polar surface area (TPSA) is 912 Å². The zero-order valence-corrected chi connectivity index (χ0v) is 57.9. The van der Waals surface area contributed by atoms with Crippen molar-refractivity contribution < 1.29 is 107 Å². The molecule has 0 spiro atoms. The quantitative estimate of drug-likeness (QED) is 0.0153. The van der Waals surface area contributed by atoms with Crippen LogP contribution in [0.3, 0.4) is 0 Å². The fourth-order valence-corrected chi connectivity index (χ4v) is 9.30. The van der Waals surface area contributed by atoms with Gasteiger partial charge in [0.1, 0.15) is 60.4 Å². The molecule has 0 bridgehead atoms. The summed E-state index contributed by atoms with van der Waals surface area (Å²) in [5.74, 6) is -27.3. The molecule has 51 heteroatoms. The van der Waals surface area contributed by atoms with Gasteiger partial charge >= 0.3 is 35.8 Å². The summed E-state index contributed by atoms with van der Waals surface area (Å²) in [5.41, 5.74) is 37.9. The molecule has 10 amide bonds. The second-order valence-corrected chi connectivity index (χ2v) is 23.4. The van der Waals surface area contributed by atoms with Gasteiger partial charge in [-0.15, -0.1) is 0 Å². The molecule has 0 saturated carbocycles. The van der Waals surface area contributed by atoms with Crippen LogP contribution >= 0.6 is 0 Å². The minimum absolute atomic E-state index is 0.00894. The fraction of sp³-hybridized carbons (Fsp3) is 0.607.